The van der Waals surface area contributed by atoms with Crippen LogP contribution in [0.15, 0.2) is 178 Å². The van der Waals surface area contributed by atoms with Crippen LogP contribution < -0.4 is 0 Å². The van der Waals surface area contributed by atoms with Gasteiger partial charge in [-0.1, -0.05) is 131 Å². The normalized spacial score (nSPS) is 11.7. The molecule has 0 saturated carbocycles. The molecule has 11 aromatic rings. The molecule has 0 fully saturated rings. The fraction of sp³-hybridized carbons (Fsp3) is 0.443. The molecule has 0 radical (unpaired) electrons. The fourth-order valence-corrected chi connectivity index (χ4v) is 7.59. The molecular formula is C70H99N17. The monoisotopic (exact) mass is 1180 g/mol. The summed E-state index contributed by atoms with van der Waals surface area (Å²) in [6, 6.07) is 34.7. The van der Waals surface area contributed by atoms with Crippen LogP contribution in [0, 0.1) is 0 Å². The average molecular weight is 1180 g/mol. The zero-order valence-corrected chi connectivity index (χ0v) is 56.4. The Morgan fingerprint density at radius 2 is 0.839 bits per heavy atom. The lowest BCUT2D eigenvalue weighted by molar-refractivity contribution is 0.316. The maximum atomic E-state index is 4.39. The second-order valence-corrected chi connectivity index (χ2v) is 28.3. The number of pyridine rings is 2. The van der Waals surface area contributed by atoms with Crippen LogP contribution in [0.1, 0.15) is 188 Å². The lowest BCUT2D eigenvalue weighted by Crippen LogP contribution is -2.24. The molecule has 0 spiro atoms. The predicted octanol–water partition coefficient (Wildman–Crippen LogP) is 16.3. The van der Waals surface area contributed by atoms with E-state index in [4.69, 9.17) is 0 Å². The van der Waals surface area contributed by atoms with E-state index in [2.05, 4.69) is 240 Å². The van der Waals surface area contributed by atoms with Gasteiger partial charge >= 0.3 is 0 Å². The minimum Gasteiger partial charge on any atom is -0.325 e. The Morgan fingerprint density at radius 1 is 0.368 bits per heavy atom. The molecule has 8 aromatic heterocycles. The first kappa shape index (κ1) is 71.0. The first-order valence-corrected chi connectivity index (χ1v) is 29.7. The van der Waals surface area contributed by atoms with E-state index in [-0.39, 0.29) is 38.3 Å². The highest BCUT2D eigenvalue weighted by Gasteiger charge is 2.19. The number of imidazole rings is 1. The summed E-state index contributed by atoms with van der Waals surface area (Å²) in [6.07, 6.45) is 21.4. The Kier molecular flexibility index (Phi) is 25.5. The molecular weight excluding hydrogens is 1080 g/mol. The standard InChI is InChI=1S/C11H14N2.2C10H13N3.2C9H13N.2C8H12N2.C5H9N3/c1-11(2,3)13-8-12-9-6-4-5-7-10(9)13;1-10(2,3)13-9-7-5-4-6-8(9)11-12-13;1-10(2,3)13-11-8-6-4-5-7-9(8)12-13;1-9(2,3)8-4-6-10-7-5-8;1-9(2,3)8-5-4-6-10-7-8;1-8(2,3)7-4-9-6-10-5-7;1-8(2,3)7-4-5-9-10-6-7;1-5(2)8-6-3-4-7-8/h4-8H,1-3H3;2*4-7H,1-3H3;2*4-7H,1-3H3;2*4-6H,1-3H3;3-5H,1-2H3. The van der Waals surface area contributed by atoms with E-state index in [9.17, 15) is 0 Å². The molecule has 87 heavy (non-hydrogen) atoms. The molecule has 0 aliphatic heterocycles. The fourth-order valence-electron chi connectivity index (χ4n) is 7.59. The van der Waals surface area contributed by atoms with Crippen molar-refractivity contribution in [3.8, 4) is 0 Å². The first-order chi connectivity index (χ1) is 40.5. The molecule has 0 saturated heterocycles. The smallest absolute Gasteiger partial charge is 0.115 e. The molecule has 0 bridgehead atoms. The van der Waals surface area contributed by atoms with Crippen molar-refractivity contribution in [3.05, 3.63) is 200 Å². The van der Waals surface area contributed by atoms with Crippen LogP contribution in [-0.2, 0) is 38.3 Å². The minimum atomic E-state index is -0.0426. The molecule has 0 aliphatic rings. The zero-order chi connectivity index (χ0) is 64.9. The summed E-state index contributed by atoms with van der Waals surface area (Å²) in [5, 5.41) is 32.4. The van der Waals surface area contributed by atoms with Crippen molar-refractivity contribution >= 4 is 33.1 Å². The van der Waals surface area contributed by atoms with Crippen LogP contribution in [0.3, 0.4) is 0 Å². The number of benzene rings is 3. The first-order valence-electron chi connectivity index (χ1n) is 29.7. The van der Waals surface area contributed by atoms with Crippen molar-refractivity contribution in [3.63, 3.8) is 0 Å². The number of nitrogens with zero attached hydrogens (tertiary/aromatic N) is 17. The van der Waals surface area contributed by atoms with Crippen molar-refractivity contribution in [1.29, 1.82) is 0 Å². The summed E-state index contributed by atoms with van der Waals surface area (Å²) in [5.74, 6) is 0. The second-order valence-electron chi connectivity index (χ2n) is 28.3. The number of rotatable bonds is 1. The third kappa shape index (κ3) is 24.1. The third-order valence-corrected chi connectivity index (χ3v) is 12.9. The molecule has 0 unspecified atom stereocenters. The third-order valence-electron chi connectivity index (χ3n) is 12.9. The van der Waals surface area contributed by atoms with Gasteiger partial charge in [0.15, 0.2) is 0 Å². The maximum Gasteiger partial charge on any atom is 0.115 e. The molecule has 0 N–H and O–H groups in total. The Hall–Kier alpha value is -8.47. The molecule has 464 valence electrons. The van der Waals surface area contributed by atoms with Gasteiger partial charge in [-0.15, -0.1) is 5.10 Å². The van der Waals surface area contributed by atoms with Crippen molar-refractivity contribution in [2.24, 2.45) is 0 Å². The van der Waals surface area contributed by atoms with Gasteiger partial charge in [-0.25, -0.2) is 19.6 Å². The second kappa shape index (κ2) is 31.3. The van der Waals surface area contributed by atoms with E-state index in [1.165, 1.54) is 27.8 Å². The zero-order valence-electron chi connectivity index (χ0n) is 56.4. The topological polar surface area (TPSA) is 187 Å². The molecule has 17 nitrogen and oxygen atoms in total. The Labute approximate surface area is 519 Å². The van der Waals surface area contributed by atoms with Gasteiger partial charge < -0.3 is 4.57 Å². The summed E-state index contributed by atoms with van der Waals surface area (Å²) in [6.45, 7) is 49.3. The van der Waals surface area contributed by atoms with E-state index < -0.39 is 0 Å². The van der Waals surface area contributed by atoms with Crippen molar-refractivity contribution in [1.82, 2.24) is 84.7 Å². The number of para-hydroxylation sites is 3. The molecule has 17 heteroatoms. The summed E-state index contributed by atoms with van der Waals surface area (Å²) >= 11 is 0. The minimum absolute atomic E-state index is 0.00387. The largest absolute Gasteiger partial charge is 0.325 e. The molecule has 3 aromatic carbocycles. The maximum absolute atomic E-state index is 4.39. The van der Waals surface area contributed by atoms with Gasteiger partial charge in [0.1, 0.15) is 22.9 Å². The van der Waals surface area contributed by atoms with Crippen molar-refractivity contribution in [2.45, 2.75) is 204 Å². The van der Waals surface area contributed by atoms with Gasteiger partial charge in [0.05, 0.1) is 58.6 Å². The highest BCUT2D eigenvalue weighted by molar-refractivity contribution is 5.75. The van der Waals surface area contributed by atoms with E-state index in [1.807, 2.05) is 135 Å². The van der Waals surface area contributed by atoms with Gasteiger partial charge in [-0.3, -0.25) is 9.97 Å². The molecule has 0 amide bonds. The lowest BCUT2D eigenvalue weighted by Gasteiger charge is -2.21. The summed E-state index contributed by atoms with van der Waals surface area (Å²) in [4.78, 5) is 23.7. The Bertz CT molecular complexity index is 3310. The van der Waals surface area contributed by atoms with E-state index in [0.29, 0.717) is 6.04 Å². The van der Waals surface area contributed by atoms with Crippen molar-refractivity contribution in [2.75, 3.05) is 0 Å². The van der Waals surface area contributed by atoms with Crippen LogP contribution in [0.5, 0.6) is 0 Å². The van der Waals surface area contributed by atoms with E-state index in [1.54, 1.807) is 46.9 Å². The molecule has 11 rings (SSSR count). The summed E-state index contributed by atoms with van der Waals surface area (Å²) in [7, 11) is 0. The predicted molar refractivity (Wildman–Crippen MR) is 358 cm³/mol. The lowest BCUT2D eigenvalue weighted by atomic mass is 9.88. The van der Waals surface area contributed by atoms with E-state index in [0.717, 1.165) is 27.6 Å². The number of fused-ring (bicyclic) bond motifs is 3. The molecule has 0 atom stereocenters. The number of hydrogen-bond donors (Lipinski definition) is 0. The van der Waals surface area contributed by atoms with Crippen LogP contribution in [0.4, 0.5) is 0 Å². The molecule has 0 aliphatic carbocycles. The summed E-state index contributed by atoms with van der Waals surface area (Å²) < 4.78 is 4.14. The van der Waals surface area contributed by atoms with Gasteiger partial charge in [-0.05, 0) is 181 Å². The summed E-state index contributed by atoms with van der Waals surface area (Å²) in [5.41, 5.74) is 12.2. The Morgan fingerprint density at radius 3 is 1.23 bits per heavy atom. The van der Waals surface area contributed by atoms with Crippen LogP contribution in [0.25, 0.3) is 33.1 Å². The Balaban J connectivity index is 0.000000214. The number of aromatic nitrogens is 17. The van der Waals surface area contributed by atoms with Gasteiger partial charge in [0.25, 0.3) is 0 Å². The van der Waals surface area contributed by atoms with Gasteiger partial charge in [-0.2, -0.15) is 40.2 Å². The highest BCUT2D eigenvalue weighted by Crippen LogP contribution is 2.25. The molecule has 8 heterocycles. The van der Waals surface area contributed by atoms with Gasteiger partial charge in [0.2, 0.25) is 0 Å². The average Bonchev–Trinajstić information content (AvgIpc) is 1.97. The van der Waals surface area contributed by atoms with Crippen LogP contribution >= 0.6 is 0 Å². The van der Waals surface area contributed by atoms with Gasteiger partial charge in [0, 0.05) is 48.9 Å². The SMILES string of the molecule is CC(C)(C)c1cccnc1.CC(C)(C)c1ccncc1.CC(C)(C)c1ccnnc1.CC(C)(C)c1cncnc1.CC(C)(C)n1cnc2ccccc21.CC(C)(C)n1nc2ccccc2n1.CC(C)(C)n1nnc2ccccc21.CC(C)n1nccn1. The quantitative estimate of drug-likeness (QED) is 0.151. The van der Waals surface area contributed by atoms with Crippen LogP contribution in [0.2, 0.25) is 0 Å². The van der Waals surface area contributed by atoms with E-state index >= 15 is 0 Å². The van der Waals surface area contributed by atoms with Crippen LogP contribution in [-0.4, -0.2) is 84.7 Å². The number of hydrogen-bond acceptors (Lipinski definition) is 13. The highest BCUT2D eigenvalue weighted by atomic mass is 15.5. The van der Waals surface area contributed by atoms with Crippen molar-refractivity contribution < 1.29 is 0 Å².